The molecule has 1 heterocycles. The Hall–Kier alpha value is -1.16. The fourth-order valence-corrected chi connectivity index (χ4v) is 1.57. The van der Waals surface area contributed by atoms with Gasteiger partial charge in [0.2, 0.25) is 0 Å². The topological polar surface area (TPSA) is 52.5 Å². The molecule has 0 bridgehead atoms. The second kappa shape index (κ2) is 4.37. The fourth-order valence-electron chi connectivity index (χ4n) is 0.697. The van der Waals surface area contributed by atoms with Gasteiger partial charge in [0, 0.05) is 18.1 Å². The number of nitrogens with one attached hydrogen (secondary N) is 1. The smallest absolute Gasteiger partial charge is 0.340 e. The van der Waals surface area contributed by atoms with Gasteiger partial charge >= 0.3 is 6.18 Å². The first-order valence-electron chi connectivity index (χ1n) is 3.62. The highest BCUT2D eigenvalue weighted by atomic mass is 32.2. The molecule has 0 fully saturated rings. The van der Waals surface area contributed by atoms with Gasteiger partial charge in [0.15, 0.2) is 11.1 Å². The van der Waals surface area contributed by atoms with E-state index in [0.29, 0.717) is 5.16 Å². The van der Waals surface area contributed by atoms with Crippen molar-refractivity contribution in [3.63, 3.8) is 0 Å². The Morgan fingerprint density at radius 2 is 2.36 bits per heavy atom. The van der Waals surface area contributed by atoms with E-state index in [-0.39, 0.29) is 5.75 Å². The van der Waals surface area contributed by atoms with Crippen LogP contribution in [0.2, 0.25) is 0 Å². The second-order valence-corrected chi connectivity index (χ2v) is 3.44. The van der Waals surface area contributed by atoms with Crippen molar-refractivity contribution in [1.29, 1.82) is 5.26 Å². The molecular weight excluding hydrogens is 215 g/mol. The molecule has 1 unspecified atom stereocenters. The summed E-state index contributed by atoms with van der Waals surface area (Å²) in [5, 5.41) is 8.66. The van der Waals surface area contributed by atoms with E-state index in [4.69, 9.17) is 5.26 Å². The summed E-state index contributed by atoms with van der Waals surface area (Å²) in [6.07, 6.45) is -1.51. The van der Waals surface area contributed by atoms with Gasteiger partial charge in [0.05, 0.1) is 6.07 Å². The molecule has 1 atom stereocenters. The van der Waals surface area contributed by atoms with Crippen LogP contribution in [0.3, 0.4) is 0 Å². The lowest BCUT2D eigenvalue weighted by Gasteiger charge is -2.11. The van der Waals surface area contributed by atoms with Gasteiger partial charge in [-0.25, -0.2) is 4.98 Å². The minimum absolute atomic E-state index is 0.340. The van der Waals surface area contributed by atoms with Crippen LogP contribution in [0.1, 0.15) is 0 Å². The lowest BCUT2D eigenvalue weighted by molar-refractivity contribution is -0.152. The molecule has 0 aliphatic rings. The van der Waals surface area contributed by atoms with E-state index in [9.17, 15) is 13.2 Å². The lowest BCUT2D eigenvalue weighted by Crippen LogP contribution is -2.23. The minimum Gasteiger partial charge on any atom is -0.340 e. The molecule has 1 aromatic rings. The van der Waals surface area contributed by atoms with E-state index < -0.39 is 12.1 Å². The van der Waals surface area contributed by atoms with Crippen LogP contribution in [0.5, 0.6) is 0 Å². The molecule has 0 aliphatic carbocycles. The summed E-state index contributed by atoms with van der Waals surface area (Å²) in [6, 6.07) is 1.22. The van der Waals surface area contributed by atoms with Crippen molar-refractivity contribution in [1.82, 2.24) is 9.97 Å². The molecule has 0 radical (unpaired) electrons. The van der Waals surface area contributed by atoms with Gasteiger partial charge in [-0.3, -0.25) is 0 Å². The number of aromatic nitrogens is 2. The molecule has 3 nitrogen and oxygen atoms in total. The predicted molar refractivity (Wildman–Crippen MR) is 44.5 cm³/mol. The summed E-state index contributed by atoms with van der Waals surface area (Å²) >= 11 is 0.877. The molecule has 1 rings (SSSR count). The summed E-state index contributed by atoms with van der Waals surface area (Å²) in [6.45, 7) is 0. The fraction of sp³-hybridized carbons (Fsp3) is 0.429. The van der Waals surface area contributed by atoms with Gasteiger partial charge in [0.25, 0.3) is 0 Å². The van der Waals surface area contributed by atoms with Crippen LogP contribution < -0.4 is 0 Å². The van der Waals surface area contributed by atoms with Crippen LogP contribution in [-0.4, -0.2) is 21.9 Å². The third-order valence-electron chi connectivity index (χ3n) is 1.41. The molecule has 76 valence electrons. The standard InChI is InChI=1S/C7H6F3N3S/c8-7(9,10)5(3-11)4-14-6-12-1-2-13-6/h1-2,5H,4H2,(H,12,13). The Kier molecular flexibility index (Phi) is 3.41. The van der Waals surface area contributed by atoms with Gasteiger partial charge in [-0.15, -0.1) is 0 Å². The quantitative estimate of drug-likeness (QED) is 0.796. The van der Waals surface area contributed by atoms with Gasteiger partial charge < -0.3 is 4.98 Å². The Bertz CT molecular complexity index is 314. The largest absolute Gasteiger partial charge is 0.405 e. The number of rotatable bonds is 3. The summed E-state index contributed by atoms with van der Waals surface area (Å²) < 4.78 is 36.2. The number of alkyl halides is 3. The van der Waals surface area contributed by atoms with Crippen LogP contribution >= 0.6 is 11.8 Å². The summed E-state index contributed by atoms with van der Waals surface area (Å²) in [5.41, 5.74) is 0. The third-order valence-corrected chi connectivity index (χ3v) is 2.41. The number of nitrogens with zero attached hydrogens (tertiary/aromatic N) is 2. The lowest BCUT2D eigenvalue weighted by atomic mass is 10.2. The van der Waals surface area contributed by atoms with E-state index in [0.717, 1.165) is 11.8 Å². The SMILES string of the molecule is N#CC(CSc1ncc[nH]1)C(F)(F)F. The number of imidazole rings is 1. The first-order valence-corrected chi connectivity index (χ1v) is 4.61. The molecule has 0 amide bonds. The van der Waals surface area contributed by atoms with Crippen LogP contribution in [0.25, 0.3) is 0 Å². The Balaban J connectivity index is 2.48. The van der Waals surface area contributed by atoms with Crippen molar-refractivity contribution in [2.75, 3.05) is 5.75 Å². The normalized spacial score (nSPS) is 13.6. The van der Waals surface area contributed by atoms with Crippen LogP contribution in [0.4, 0.5) is 13.2 Å². The zero-order chi connectivity index (χ0) is 10.6. The Morgan fingerprint density at radius 1 is 1.64 bits per heavy atom. The van der Waals surface area contributed by atoms with Crippen molar-refractivity contribution in [2.45, 2.75) is 11.3 Å². The summed E-state index contributed by atoms with van der Waals surface area (Å²) in [5.74, 6) is -2.29. The highest BCUT2D eigenvalue weighted by Gasteiger charge is 2.39. The second-order valence-electron chi connectivity index (χ2n) is 2.43. The minimum atomic E-state index is -4.46. The highest BCUT2D eigenvalue weighted by Crippen LogP contribution is 2.29. The van der Waals surface area contributed by atoms with Gasteiger partial charge in [-0.1, -0.05) is 11.8 Å². The van der Waals surface area contributed by atoms with Crippen molar-refractivity contribution < 1.29 is 13.2 Å². The molecule has 1 N–H and O–H groups in total. The average Bonchev–Trinajstić information content (AvgIpc) is 2.55. The molecule has 0 spiro atoms. The maximum atomic E-state index is 12.1. The maximum Gasteiger partial charge on any atom is 0.405 e. The molecule has 0 aromatic carbocycles. The van der Waals surface area contributed by atoms with Crippen molar-refractivity contribution >= 4 is 11.8 Å². The first kappa shape index (κ1) is 10.9. The molecule has 7 heteroatoms. The van der Waals surface area contributed by atoms with Crippen molar-refractivity contribution in [3.8, 4) is 6.07 Å². The van der Waals surface area contributed by atoms with E-state index >= 15 is 0 Å². The van der Waals surface area contributed by atoms with Crippen LogP contribution in [-0.2, 0) is 0 Å². The number of thioether (sulfide) groups is 1. The molecule has 0 saturated carbocycles. The average molecular weight is 221 g/mol. The molecule has 0 aliphatic heterocycles. The monoisotopic (exact) mass is 221 g/mol. The first-order chi connectivity index (χ1) is 6.54. The van der Waals surface area contributed by atoms with E-state index in [1.807, 2.05) is 0 Å². The number of hydrogen-bond acceptors (Lipinski definition) is 3. The number of aromatic amines is 1. The van der Waals surface area contributed by atoms with Crippen molar-refractivity contribution in [3.05, 3.63) is 12.4 Å². The summed E-state index contributed by atoms with van der Waals surface area (Å²) in [4.78, 5) is 6.38. The number of hydrogen-bond donors (Lipinski definition) is 1. The van der Waals surface area contributed by atoms with E-state index in [2.05, 4.69) is 9.97 Å². The van der Waals surface area contributed by atoms with Gasteiger partial charge in [-0.2, -0.15) is 18.4 Å². The highest BCUT2D eigenvalue weighted by molar-refractivity contribution is 7.99. The van der Waals surface area contributed by atoms with E-state index in [1.54, 1.807) is 0 Å². The number of H-pyrrole nitrogens is 1. The predicted octanol–water partition coefficient (Wildman–Crippen LogP) is 2.20. The van der Waals surface area contributed by atoms with Crippen LogP contribution in [0, 0.1) is 17.2 Å². The zero-order valence-corrected chi connectivity index (χ0v) is 7.69. The van der Waals surface area contributed by atoms with Crippen LogP contribution in [0.15, 0.2) is 17.6 Å². The maximum absolute atomic E-state index is 12.1. The molecule has 14 heavy (non-hydrogen) atoms. The van der Waals surface area contributed by atoms with Gasteiger partial charge in [0.1, 0.15) is 0 Å². The van der Waals surface area contributed by atoms with Gasteiger partial charge in [-0.05, 0) is 0 Å². The Labute approximate surface area is 82.3 Å². The summed E-state index contributed by atoms with van der Waals surface area (Å²) in [7, 11) is 0. The number of halogens is 3. The molecule has 1 aromatic heterocycles. The van der Waals surface area contributed by atoms with Crippen molar-refractivity contribution in [2.24, 2.45) is 5.92 Å². The van der Waals surface area contributed by atoms with E-state index in [1.165, 1.54) is 18.5 Å². The zero-order valence-electron chi connectivity index (χ0n) is 6.88. The molecule has 0 saturated heterocycles. The molecular formula is C7H6F3N3S. The number of nitriles is 1. The Morgan fingerprint density at radius 3 is 2.79 bits per heavy atom. The third kappa shape index (κ3) is 2.96.